The first-order chi connectivity index (χ1) is 20.4. The lowest BCUT2D eigenvalue weighted by Crippen LogP contribution is -2.41. The minimum atomic E-state index is -4.22. The van der Waals surface area contributed by atoms with Crippen LogP contribution < -0.4 is 14.4 Å². The van der Waals surface area contributed by atoms with E-state index in [9.17, 15) is 22.5 Å². The van der Waals surface area contributed by atoms with Crippen LogP contribution in [0.1, 0.15) is 74.7 Å². The third-order valence-corrected chi connectivity index (χ3v) is 10.1. The third-order valence-electron chi connectivity index (χ3n) is 9.06. The van der Waals surface area contributed by atoms with Gasteiger partial charge >= 0.3 is 6.18 Å². The number of anilines is 1. The van der Waals surface area contributed by atoms with Gasteiger partial charge in [-0.3, -0.25) is 4.79 Å². The van der Waals surface area contributed by atoms with Gasteiger partial charge in [0, 0.05) is 24.3 Å². The normalized spacial score (nSPS) is 23.1. The molecule has 2 unspecified atom stereocenters. The molecule has 3 aromatic rings. The Labute approximate surface area is 252 Å². The molecule has 7 rings (SSSR count). The zero-order valence-electron chi connectivity index (χ0n) is 24.3. The Hall–Kier alpha value is -3.25. The smallest absolute Gasteiger partial charge is 0.394 e. The number of aryl methyl sites for hydroxylation is 1. The largest absolute Gasteiger partial charge is 0.588 e. The molecule has 43 heavy (non-hydrogen) atoms. The Bertz CT molecular complexity index is 1470. The van der Waals surface area contributed by atoms with Crippen LogP contribution in [0.4, 0.5) is 19.0 Å². The molecule has 1 aromatic carbocycles. The summed E-state index contributed by atoms with van der Waals surface area (Å²) in [4.78, 5) is 21.1. The first kappa shape index (κ1) is 29.8. The maximum Gasteiger partial charge on any atom is 0.394 e. The molecule has 2 aromatic heterocycles. The molecule has 2 atom stereocenters. The van der Waals surface area contributed by atoms with E-state index in [1.165, 1.54) is 10.2 Å². The first-order valence-electron chi connectivity index (χ1n) is 14.8. The van der Waals surface area contributed by atoms with Crippen LogP contribution in [-0.2, 0) is 17.8 Å². The predicted molar refractivity (Wildman–Crippen MR) is 157 cm³/mol. The molecule has 12 heteroatoms. The molecule has 5 heterocycles. The van der Waals surface area contributed by atoms with Gasteiger partial charge in [0.15, 0.2) is 10.7 Å². The molecule has 4 aliphatic rings. The van der Waals surface area contributed by atoms with Gasteiger partial charge in [0.25, 0.3) is 5.91 Å². The lowest BCUT2D eigenvalue weighted by molar-refractivity contribution is -0.190. The quantitative estimate of drug-likeness (QED) is 0.346. The molecule has 4 bridgehead atoms. The second kappa shape index (κ2) is 11.4. The Balaban J connectivity index is 1.27. The van der Waals surface area contributed by atoms with E-state index in [1.807, 2.05) is 12.1 Å². The Kier molecular flexibility index (Phi) is 7.87. The van der Waals surface area contributed by atoms with Gasteiger partial charge in [-0.2, -0.15) is 17.9 Å². The summed E-state index contributed by atoms with van der Waals surface area (Å²) >= 11 is -1.75. The van der Waals surface area contributed by atoms with Gasteiger partial charge in [0.05, 0.1) is 17.6 Å². The van der Waals surface area contributed by atoms with Crippen LogP contribution in [-0.4, -0.2) is 50.1 Å². The number of rotatable bonds is 5. The molecule has 1 amide bonds. The van der Waals surface area contributed by atoms with E-state index in [0.717, 1.165) is 38.6 Å². The van der Waals surface area contributed by atoms with Gasteiger partial charge in [-0.15, -0.1) is 5.10 Å². The van der Waals surface area contributed by atoms with Crippen LogP contribution in [0.5, 0.6) is 5.88 Å². The van der Waals surface area contributed by atoms with E-state index in [0.29, 0.717) is 28.0 Å². The number of carbonyl (C=O) groups is 1. The summed E-state index contributed by atoms with van der Waals surface area (Å²) < 4.78 is 62.6. The van der Waals surface area contributed by atoms with Crippen LogP contribution in [0.25, 0.3) is 5.82 Å². The fourth-order valence-electron chi connectivity index (χ4n) is 6.33. The van der Waals surface area contributed by atoms with E-state index in [4.69, 9.17) is 9.72 Å². The number of benzene rings is 1. The van der Waals surface area contributed by atoms with Crippen molar-refractivity contribution in [2.45, 2.75) is 81.8 Å². The van der Waals surface area contributed by atoms with Crippen molar-refractivity contribution >= 4 is 23.1 Å². The van der Waals surface area contributed by atoms with Gasteiger partial charge < -0.3 is 14.2 Å². The van der Waals surface area contributed by atoms with Crippen molar-refractivity contribution in [3.05, 3.63) is 59.8 Å². The average Bonchev–Trinajstić information content (AvgIpc) is 3.51. The highest BCUT2D eigenvalue weighted by Gasteiger charge is 2.62. The molecule has 8 nitrogen and oxygen atoms in total. The van der Waals surface area contributed by atoms with Crippen molar-refractivity contribution in [2.24, 2.45) is 11.3 Å². The molecule has 1 N–H and O–H groups in total. The van der Waals surface area contributed by atoms with Gasteiger partial charge in [0.1, 0.15) is 17.2 Å². The number of hydrogen-bond donors (Lipinski definition) is 1. The highest BCUT2D eigenvalue weighted by molar-refractivity contribution is 7.90. The zero-order valence-corrected chi connectivity index (χ0v) is 25.1. The lowest BCUT2D eigenvalue weighted by Gasteiger charge is -2.33. The third kappa shape index (κ3) is 6.22. The molecule has 1 saturated carbocycles. The number of alkyl halides is 3. The molecular formula is C31H36F3N5O3S. The fraction of sp³-hybridized carbons (Fsp3) is 0.516. The minimum Gasteiger partial charge on any atom is -0.588 e. The van der Waals surface area contributed by atoms with Crippen LogP contribution in [0.2, 0.25) is 0 Å². The van der Waals surface area contributed by atoms with E-state index >= 15 is 0 Å². The van der Waals surface area contributed by atoms with E-state index in [-0.39, 0.29) is 37.3 Å². The van der Waals surface area contributed by atoms with Gasteiger partial charge in [-0.1, -0.05) is 18.6 Å². The number of halogens is 3. The van der Waals surface area contributed by atoms with E-state index < -0.39 is 28.9 Å². The average molecular weight is 616 g/mol. The maximum atomic E-state index is 13.5. The van der Waals surface area contributed by atoms with Crippen LogP contribution in [0, 0.1) is 11.3 Å². The van der Waals surface area contributed by atoms with Crippen molar-refractivity contribution in [1.29, 1.82) is 0 Å². The molecule has 0 spiro atoms. The standard InChI is InChI=1S/C31H36F3N5O3S/c1-29(2)19-22-6-4-3-5-21-7-9-23(10-8-21)43(41)37-28(40)24-11-12-25(35-27(24)38(29)20-22)39-17-13-26(36-39)42-18-16-30(14-15-30)31(32,33)34/h7-13,17,22H,3-6,14-16,18-20H2,1-2H3,(H,37,40). The summed E-state index contributed by atoms with van der Waals surface area (Å²) in [6.45, 7) is 4.93. The SMILES string of the molecule is CC1(C)CC2CCCCc3ccc(cc3)[S+]([O-])NC(=O)c3ccc(-n4ccc(OCCC5(C(F)(F)F)CC5)n4)nc3N1C2. The summed E-state index contributed by atoms with van der Waals surface area (Å²) in [7, 11) is 0. The van der Waals surface area contributed by atoms with Crippen molar-refractivity contribution in [3.63, 3.8) is 0 Å². The molecule has 0 radical (unpaired) electrons. The fourth-order valence-corrected chi connectivity index (χ4v) is 7.11. The lowest BCUT2D eigenvalue weighted by atomic mass is 9.92. The molecule has 1 saturated heterocycles. The summed E-state index contributed by atoms with van der Waals surface area (Å²) in [5.74, 6) is 1.04. The number of nitrogens with zero attached hydrogens (tertiary/aromatic N) is 4. The van der Waals surface area contributed by atoms with Crippen molar-refractivity contribution in [3.8, 4) is 11.7 Å². The Morgan fingerprint density at radius 1 is 1.12 bits per heavy atom. The Morgan fingerprint density at radius 2 is 1.88 bits per heavy atom. The van der Waals surface area contributed by atoms with E-state index in [2.05, 4.69) is 28.6 Å². The second-order valence-corrected chi connectivity index (χ2v) is 13.8. The summed E-state index contributed by atoms with van der Waals surface area (Å²) in [5.41, 5.74) is -0.415. The summed E-state index contributed by atoms with van der Waals surface area (Å²) in [6.07, 6.45) is 2.68. The predicted octanol–water partition coefficient (Wildman–Crippen LogP) is 6.16. The number of aromatic nitrogens is 3. The number of amides is 1. The van der Waals surface area contributed by atoms with Gasteiger partial charge in [0.2, 0.25) is 5.88 Å². The first-order valence-corrected chi connectivity index (χ1v) is 16.0. The van der Waals surface area contributed by atoms with Crippen LogP contribution in [0.3, 0.4) is 0 Å². The number of ether oxygens (including phenoxy) is 1. The summed E-state index contributed by atoms with van der Waals surface area (Å²) in [6, 6.07) is 12.4. The van der Waals surface area contributed by atoms with Gasteiger partial charge in [-0.25, -0.2) is 9.67 Å². The number of fused-ring (bicyclic) bond motifs is 7. The monoisotopic (exact) mass is 615 g/mol. The van der Waals surface area contributed by atoms with Crippen molar-refractivity contribution in [1.82, 2.24) is 19.5 Å². The number of carbonyl (C=O) groups excluding carboxylic acids is 1. The number of pyridine rings is 1. The molecule has 1 aliphatic carbocycles. The highest BCUT2D eigenvalue weighted by atomic mass is 32.2. The maximum absolute atomic E-state index is 13.5. The number of hydrogen-bond acceptors (Lipinski definition) is 6. The molecule has 2 fully saturated rings. The van der Waals surface area contributed by atoms with Crippen molar-refractivity contribution in [2.75, 3.05) is 18.1 Å². The zero-order chi connectivity index (χ0) is 30.4. The minimum absolute atomic E-state index is 0.0858. The molecule has 3 aliphatic heterocycles. The van der Waals surface area contributed by atoms with Crippen molar-refractivity contribution < 1.29 is 27.3 Å². The highest BCUT2D eigenvalue weighted by Crippen LogP contribution is 2.59. The van der Waals surface area contributed by atoms with E-state index in [1.54, 1.807) is 36.5 Å². The second-order valence-electron chi connectivity index (χ2n) is 12.6. The van der Waals surface area contributed by atoms with Crippen LogP contribution in [0.15, 0.2) is 53.6 Å². The van der Waals surface area contributed by atoms with Crippen LogP contribution >= 0.6 is 0 Å². The molecule has 230 valence electrons. The van der Waals surface area contributed by atoms with Gasteiger partial charge in [-0.05, 0) is 94.5 Å². The topological polar surface area (TPSA) is 95.3 Å². The molecular weight excluding hydrogens is 579 g/mol. The Morgan fingerprint density at radius 3 is 2.60 bits per heavy atom. The number of nitrogens with one attached hydrogen (secondary N) is 1. The summed E-state index contributed by atoms with van der Waals surface area (Å²) in [5, 5.41) is 4.39.